The highest BCUT2D eigenvalue weighted by Gasteiger charge is 2.18. The normalized spacial score (nSPS) is 14.0. The lowest BCUT2D eigenvalue weighted by molar-refractivity contribution is 0.276. The third-order valence-electron chi connectivity index (χ3n) is 4.85. The highest BCUT2D eigenvalue weighted by atomic mass is 19.1. The summed E-state index contributed by atoms with van der Waals surface area (Å²) in [7, 11) is 0. The Labute approximate surface area is 168 Å². The molecule has 1 fully saturated rings. The Hall–Kier alpha value is -3.32. The number of aliphatic hydroxyl groups is 1. The van der Waals surface area contributed by atoms with Crippen molar-refractivity contribution < 1.29 is 14.3 Å². The molecule has 1 aliphatic heterocycles. The molecule has 0 spiro atoms. The number of oxime groups is 1. The minimum atomic E-state index is -0.441. The zero-order chi connectivity index (χ0) is 20.1. The molecule has 1 N–H and O–H groups in total. The van der Waals surface area contributed by atoms with E-state index >= 15 is 0 Å². The summed E-state index contributed by atoms with van der Waals surface area (Å²) in [5.41, 5.74) is 2.23. The van der Waals surface area contributed by atoms with Gasteiger partial charge in [-0.1, -0.05) is 41.6 Å². The zero-order valence-corrected chi connectivity index (χ0v) is 15.8. The molecule has 0 saturated carbocycles. The maximum absolute atomic E-state index is 14.4. The Balaban J connectivity index is 1.39. The Morgan fingerprint density at radius 3 is 2.41 bits per heavy atom. The first kappa shape index (κ1) is 19.0. The van der Waals surface area contributed by atoms with Crippen LogP contribution in [0.1, 0.15) is 18.4 Å². The molecule has 1 aromatic heterocycles. The van der Waals surface area contributed by atoms with Gasteiger partial charge in [0, 0.05) is 55.0 Å². The first-order chi connectivity index (χ1) is 14.2. The molecule has 29 heavy (non-hydrogen) atoms. The van der Waals surface area contributed by atoms with Crippen LogP contribution in [0.25, 0.3) is 11.1 Å². The molecule has 0 bridgehead atoms. The zero-order valence-electron chi connectivity index (χ0n) is 15.8. The van der Waals surface area contributed by atoms with Crippen molar-refractivity contribution in [1.29, 1.82) is 0 Å². The molecule has 2 aromatic carbocycles. The first-order valence-electron chi connectivity index (χ1n) is 9.48. The molecule has 1 saturated heterocycles. The molecule has 2 heterocycles. The molecule has 0 atom stereocenters. The van der Waals surface area contributed by atoms with Gasteiger partial charge in [-0.25, -0.2) is 14.4 Å². The number of rotatable bonds is 5. The molecule has 0 radical (unpaired) electrons. The molecular formula is C22H21FN4O2. The van der Waals surface area contributed by atoms with E-state index in [0.717, 1.165) is 37.4 Å². The summed E-state index contributed by atoms with van der Waals surface area (Å²) in [4.78, 5) is 16.4. The van der Waals surface area contributed by atoms with E-state index in [1.807, 2.05) is 30.3 Å². The topological polar surface area (TPSA) is 70.8 Å². The van der Waals surface area contributed by atoms with Crippen molar-refractivity contribution in [1.82, 2.24) is 9.97 Å². The van der Waals surface area contributed by atoms with Crippen molar-refractivity contribution in [2.45, 2.75) is 19.4 Å². The molecule has 6 nitrogen and oxygen atoms in total. The van der Waals surface area contributed by atoms with Gasteiger partial charge < -0.3 is 14.8 Å². The molecule has 0 aliphatic carbocycles. The fourth-order valence-electron chi connectivity index (χ4n) is 3.20. The van der Waals surface area contributed by atoms with E-state index in [4.69, 9.17) is 4.84 Å². The van der Waals surface area contributed by atoms with Crippen molar-refractivity contribution in [3.63, 3.8) is 0 Å². The van der Waals surface area contributed by atoms with Crippen LogP contribution in [0.5, 0.6) is 5.75 Å². The first-order valence-corrected chi connectivity index (χ1v) is 9.48. The highest BCUT2D eigenvalue weighted by Crippen LogP contribution is 2.25. The van der Waals surface area contributed by atoms with Crippen molar-refractivity contribution in [3.8, 4) is 16.9 Å². The predicted octanol–water partition coefficient (Wildman–Crippen LogP) is 3.81. The van der Waals surface area contributed by atoms with E-state index in [1.54, 1.807) is 30.6 Å². The molecule has 1 aliphatic rings. The van der Waals surface area contributed by atoms with E-state index in [1.165, 1.54) is 0 Å². The number of para-hydroxylation sites is 1. The van der Waals surface area contributed by atoms with Crippen molar-refractivity contribution in [2.24, 2.45) is 5.16 Å². The number of hydrogen-bond acceptors (Lipinski definition) is 6. The van der Waals surface area contributed by atoms with Gasteiger partial charge in [-0.05, 0) is 12.1 Å². The summed E-state index contributed by atoms with van der Waals surface area (Å²) in [6, 6.07) is 14.4. The summed E-state index contributed by atoms with van der Waals surface area (Å²) in [5, 5.41) is 13.5. The Morgan fingerprint density at radius 2 is 1.72 bits per heavy atom. The highest BCUT2D eigenvalue weighted by molar-refractivity contribution is 5.86. The fraction of sp³-hybridized carbons (Fsp3) is 0.227. The number of hydrogen-bond donors (Lipinski definition) is 1. The van der Waals surface area contributed by atoms with E-state index < -0.39 is 5.82 Å². The second-order valence-corrected chi connectivity index (χ2v) is 6.76. The average molecular weight is 392 g/mol. The lowest BCUT2D eigenvalue weighted by Gasteiger charge is -2.27. The smallest absolute Gasteiger partial charge is 0.225 e. The van der Waals surface area contributed by atoms with Gasteiger partial charge in [0.05, 0.1) is 12.3 Å². The quantitative estimate of drug-likeness (QED) is 0.669. The van der Waals surface area contributed by atoms with Crippen LogP contribution in [0.4, 0.5) is 10.3 Å². The second-order valence-electron chi connectivity index (χ2n) is 6.76. The number of anilines is 1. The molecule has 3 aromatic rings. The SMILES string of the molecule is OCc1cccc(-c2cnc(N3CCC(=NOc4ccccc4)CC3)nc2)c1F. The van der Waals surface area contributed by atoms with Gasteiger partial charge >= 0.3 is 0 Å². The van der Waals surface area contributed by atoms with Crippen LogP contribution in [-0.4, -0.2) is 33.9 Å². The predicted molar refractivity (Wildman–Crippen MR) is 109 cm³/mol. The monoisotopic (exact) mass is 392 g/mol. The Bertz CT molecular complexity index is 983. The Kier molecular flexibility index (Phi) is 5.76. The molecule has 148 valence electrons. The number of halogens is 1. The van der Waals surface area contributed by atoms with Gasteiger partial charge in [-0.15, -0.1) is 0 Å². The summed E-state index contributed by atoms with van der Waals surface area (Å²) in [5.74, 6) is 0.887. The summed E-state index contributed by atoms with van der Waals surface area (Å²) < 4.78 is 14.4. The van der Waals surface area contributed by atoms with E-state index in [0.29, 0.717) is 17.1 Å². The van der Waals surface area contributed by atoms with Crippen LogP contribution >= 0.6 is 0 Å². The second kappa shape index (κ2) is 8.79. The molecule has 0 unspecified atom stereocenters. The maximum atomic E-state index is 14.4. The molecule has 7 heteroatoms. The van der Waals surface area contributed by atoms with Crippen LogP contribution in [0.15, 0.2) is 66.1 Å². The fourth-order valence-corrected chi connectivity index (χ4v) is 3.20. The lowest BCUT2D eigenvalue weighted by Crippen LogP contribution is -2.35. The summed E-state index contributed by atoms with van der Waals surface area (Å²) in [6.45, 7) is 1.14. The number of aromatic nitrogens is 2. The minimum absolute atomic E-state index is 0.257. The number of aliphatic hydroxyl groups excluding tert-OH is 1. The van der Waals surface area contributed by atoms with E-state index in [2.05, 4.69) is 20.0 Å². The maximum Gasteiger partial charge on any atom is 0.225 e. The molecular weight excluding hydrogens is 371 g/mol. The van der Waals surface area contributed by atoms with Gasteiger partial charge in [0.25, 0.3) is 0 Å². The molecule has 0 amide bonds. The third-order valence-corrected chi connectivity index (χ3v) is 4.85. The minimum Gasteiger partial charge on any atom is -0.392 e. The van der Waals surface area contributed by atoms with Crippen LogP contribution in [0.2, 0.25) is 0 Å². The average Bonchev–Trinajstić information content (AvgIpc) is 2.79. The summed E-state index contributed by atoms with van der Waals surface area (Å²) in [6.07, 6.45) is 4.77. The largest absolute Gasteiger partial charge is 0.392 e. The van der Waals surface area contributed by atoms with Gasteiger partial charge in [0.1, 0.15) is 5.82 Å². The van der Waals surface area contributed by atoms with E-state index in [-0.39, 0.29) is 12.2 Å². The van der Waals surface area contributed by atoms with Gasteiger partial charge in [-0.3, -0.25) is 0 Å². The molecule has 4 rings (SSSR count). The third kappa shape index (κ3) is 4.41. The van der Waals surface area contributed by atoms with Crippen LogP contribution in [0.3, 0.4) is 0 Å². The van der Waals surface area contributed by atoms with Gasteiger partial charge in [0.2, 0.25) is 5.95 Å². The number of nitrogens with zero attached hydrogens (tertiary/aromatic N) is 4. The lowest BCUT2D eigenvalue weighted by atomic mass is 10.1. The van der Waals surface area contributed by atoms with Crippen LogP contribution in [-0.2, 0) is 6.61 Å². The van der Waals surface area contributed by atoms with Gasteiger partial charge in [-0.2, -0.15) is 0 Å². The van der Waals surface area contributed by atoms with Crippen molar-refractivity contribution in [2.75, 3.05) is 18.0 Å². The number of benzene rings is 2. The number of piperidine rings is 1. The van der Waals surface area contributed by atoms with Gasteiger partial charge in [0.15, 0.2) is 5.75 Å². The van der Waals surface area contributed by atoms with Crippen LogP contribution in [0, 0.1) is 5.82 Å². The Morgan fingerprint density at radius 1 is 1.00 bits per heavy atom. The van der Waals surface area contributed by atoms with Crippen LogP contribution < -0.4 is 9.74 Å². The van der Waals surface area contributed by atoms with Crippen molar-refractivity contribution in [3.05, 3.63) is 72.3 Å². The standard InChI is InChI=1S/C22H21FN4O2/c23-21-16(15-28)5-4-8-20(21)17-13-24-22(25-14-17)27-11-9-18(10-12-27)26-29-19-6-2-1-3-7-19/h1-8,13-14,28H,9-12,15H2. The summed E-state index contributed by atoms with van der Waals surface area (Å²) >= 11 is 0. The van der Waals surface area contributed by atoms with Crippen molar-refractivity contribution >= 4 is 11.7 Å². The van der Waals surface area contributed by atoms with E-state index in [9.17, 15) is 9.50 Å².